The van der Waals surface area contributed by atoms with Gasteiger partial charge >= 0.3 is 0 Å². The molecule has 1 aliphatic carbocycles. The van der Waals surface area contributed by atoms with Crippen molar-refractivity contribution in [2.45, 2.75) is 45.8 Å². The minimum absolute atomic E-state index is 0.738. The van der Waals surface area contributed by atoms with Gasteiger partial charge in [-0.15, -0.1) is 0 Å². The van der Waals surface area contributed by atoms with Crippen molar-refractivity contribution in [2.75, 3.05) is 0 Å². The molecule has 2 aromatic heterocycles. The highest BCUT2D eigenvalue weighted by molar-refractivity contribution is 5.23. The van der Waals surface area contributed by atoms with Gasteiger partial charge in [0.15, 0.2) is 0 Å². The topological polar surface area (TPSA) is 44.8 Å². The molecule has 0 spiro atoms. The molecule has 0 radical (unpaired) electrons. The van der Waals surface area contributed by atoms with Crippen molar-refractivity contribution >= 4 is 0 Å². The normalized spacial score (nSPS) is 15.1. The Balaban J connectivity index is 1.75. The molecule has 100 valence electrons. The van der Waals surface area contributed by atoms with Crippen LogP contribution in [0.3, 0.4) is 0 Å². The first-order valence-electron chi connectivity index (χ1n) is 6.87. The van der Waals surface area contributed by atoms with Gasteiger partial charge in [-0.1, -0.05) is 0 Å². The summed E-state index contributed by atoms with van der Waals surface area (Å²) in [5.74, 6) is 0. The van der Waals surface area contributed by atoms with Gasteiger partial charge in [0, 0.05) is 42.8 Å². The molecular weight excluding hydrogens is 236 g/mol. The fourth-order valence-corrected chi connectivity index (χ4v) is 2.49. The molecular formula is C15H20N4. The van der Waals surface area contributed by atoms with Gasteiger partial charge in [-0.05, 0) is 44.4 Å². The van der Waals surface area contributed by atoms with E-state index in [9.17, 15) is 0 Å². The largest absolute Gasteiger partial charge is 0.292 e. The molecule has 0 unspecified atom stereocenters. The number of H-pyrrole nitrogens is 1. The molecule has 0 aliphatic heterocycles. The summed E-state index contributed by atoms with van der Waals surface area (Å²) >= 11 is 0. The van der Waals surface area contributed by atoms with Gasteiger partial charge in [0.05, 0.1) is 5.69 Å². The second-order valence-corrected chi connectivity index (χ2v) is 5.40. The second-order valence-electron chi connectivity index (χ2n) is 5.40. The van der Waals surface area contributed by atoms with E-state index in [0.717, 1.165) is 24.8 Å². The van der Waals surface area contributed by atoms with E-state index in [-0.39, 0.29) is 0 Å². The van der Waals surface area contributed by atoms with Crippen LogP contribution in [0, 0.1) is 13.8 Å². The summed E-state index contributed by atoms with van der Waals surface area (Å²) in [7, 11) is 0. The molecule has 2 heterocycles. The van der Waals surface area contributed by atoms with E-state index in [1.807, 2.05) is 12.4 Å². The number of aryl methyl sites for hydroxylation is 2. The second kappa shape index (κ2) is 5.13. The zero-order chi connectivity index (χ0) is 13.2. The fourth-order valence-electron chi connectivity index (χ4n) is 2.49. The van der Waals surface area contributed by atoms with E-state index in [1.54, 1.807) is 0 Å². The first kappa shape index (κ1) is 12.4. The molecule has 1 fully saturated rings. The smallest absolute Gasteiger partial charge is 0.0639 e. The molecule has 4 heteroatoms. The molecule has 19 heavy (non-hydrogen) atoms. The molecule has 1 N–H and O–H groups in total. The van der Waals surface area contributed by atoms with E-state index in [2.05, 4.69) is 46.1 Å². The summed E-state index contributed by atoms with van der Waals surface area (Å²) in [6, 6.07) is 4.94. The average Bonchev–Trinajstić information content (AvgIpc) is 3.21. The standard InChI is InChI=1S/C15H20N4/c1-11-15(12(2)18-17-11)10-19(14-3-4-14)9-13-5-7-16-8-6-13/h5-8,14H,3-4,9-10H2,1-2H3,(H,17,18). The summed E-state index contributed by atoms with van der Waals surface area (Å²) in [6.45, 7) is 6.17. The summed E-state index contributed by atoms with van der Waals surface area (Å²) < 4.78 is 0. The fraction of sp³-hybridized carbons (Fsp3) is 0.467. The van der Waals surface area contributed by atoms with Crippen molar-refractivity contribution in [1.82, 2.24) is 20.1 Å². The van der Waals surface area contributed by atoms with Crippen molar-refractivity contribution in [1.29, 1.82) is 0 Å². The molecule has 0 saturated heterocycles. The highest BCUT2D eigenvalue weighted by Crippen LogP contribution is 2.30. The van der Waals surface area contributed by atoms with Crippen LogP contribution >= 0.6 is 0 Å². The first-order valence-corrected chi connectivity index (χ1v) is 6.87. The lowest BCUT2D eigenvalue weighted by atomic mass is 10.1. The molecule has 4 nitrogen and oxygen atoms in total. The Kier molecular flexibility index (Phi) is 3.34. The van der Waals surface area contributed by atoms with Gasteiger partial charge in [0.25, 0.3) is 0 Å². The van der Waals surface area contributed by atoms with E-state index in [0.29, 0.717) is 0 Å². The predicted octanol–water partition coefficient (Wildman–Crippen LogP) is 2.59. The quantitative estimate of drug-likeness (QED) is 0.894. The first-order chi connectivity index (χ1) is 9.24. The molecule has 3 rings (SSSR count). The van der Waals surface area contributed by atoms with Gasteiger partial charge in [-0.3, -0.25) is 15.0 Å². The number of nitrogens with zero attached hydrogens (tertiary/aromatic N) is 3. The lowest BCUT2D eigenvalue weighted by molar-refractivity contribution is 0.245. The minimum atomic E-state index is 0.738. The van der Waals surface area contributed by atoms with Crippen LogP contribution in [0.1, 0.15) is 35.4 Å². The maximum atomic E-state index is 4.29. The van der Waals surface area contributed by atoms with Crippen molar-refractivity contribution in [2.24, 2.45) is 0 Å². The number of hydrogen-bond donors (Lipinski definition) is 1. The van der Waals surface area contributed by atoms with E-state index >= 15 is 0 Å². The third-order valence-electron chi connectivity index (χ3n) is 3.84. The minimum Gasteiger partial charge on any atom is -0.292 e. The van der Waals surface area contributed by atoms with Gasteiger partial charge in [-0.25, -0.2) is 0 Å². The van der Waals surface area contributed by atoms with Gasteiger partial charge in [0.1, 0.15) is 0 Å². The van der Waals surface area contributed by atoms with E-state index < -0.39 is 0 Å². The third-order valence-corrected chi connectivity index (χ3v) is 3.84. The van der Waals surface area contributed by atoms with Crippen LogP contribution in [-0.4, -0.2) is 26.1 Å². The number of aromatic amines is 1. The number of nitrogens with one attached hydrogen (secondary N) is 1. The van der Waals surface area contributed by atoms with Gasteiger partial charge in [-0.2, -0.15) is 5.10 Å². The van der Waals surface area contributed by atoms with Gasteiger partial charge < -0.3 is 0 Å². The lowest BCUT2D eigenvalue weighted by Gasteiger charge is -2.22. The van der Waals surface area contributed by atoms with Crippen LogP contribution < -0.4 is 0 Å². The van der Waals surface area contributed by atoms with Crippen molar-refractivity contribution < 1.29 is 0 Å². The van der Waals surface area contributed by atoms with Crippen molar-refractivity contribution in [3.05, 3.63) is 47.0 Å². The number of pyridine rings is 1. The molecule has 0 amide bonds. The maximum Gasteiger partial charge on any atom is 0.0639 e. The summed E-state index contributed by atoms with van der Waals surface area (Å²) in [4.78, 5) is 6.64. The Hall–Kier alpha value is -1.68. The molecule has 1 saturated carbocycles. The Labute approximate surface area is 113 Å². The highest BCUT2D eigenvalue weighted by Gasteiger charge is 2.29. The SMILES string of the molecule is Cc1n[nH]c(C)c1CN(Cc1ccncc1)C1CC1. The highest BCUT2D eigenvalue weighted by atomic mass is 15.2. The Bertz CT molecular complexity index is 523. The third kappa shape index (κ3) is 2.84. The zero-order valence-corrected chi connectivity index (χ0v) is 11.6. The van der Waals surface area contributed by atoms with Crippen LogP contribution in [0.15, 0.2) is 24.5 Å². The van der Waals surface area contributed by atoms with E-state index in [1.165, 1.54) is 29.7 Å². The lowest BCUT2D eigenvalue weighted by Crippen LogP contribution is -2.25. The molecule has 1 aliphatic rings. The number of rotatable bonds is 5. The Morgan fingerprint density at radius 1 is 1.21 bits per heavy atom. The van der Waals surface area contributed by atoms with Crippen LogP contribution in [0.4, 0.5) is 0 Å². The Morgan fingerprint density at radius 2 is 1.95 bits per heavy atom. The Morgan fingerprint density at radius 3 is 2.53 bits per heavy atom. The maximum absolute atomic E-state index is 4.29. The monoisotopic (exact) mass is 256 g/mol. The number of hydrogen-bond acceptors (Lipinski definition) is 3. The van der Waals surface area contributed by atoms with Crippen molar-refractivity contribution in [3.63, 3.8) is 0 Å². The van der Waals surface area contributed by atoms with E-state index in [4.69, 9.17) is 0 Å². The van der Waals surface area contributed by atoms with Crippen LogP contribution in [0.5, 0.6) is 0 Å². The summed E-state index contributed by atoms with van der Waals surface area (Å²) in [5, 5.41) is 7.37. The zero-order valence-electron chi connectivity index (χ0n) is 11.6. The molecule has 0 bridgehead atoms. The molecule has 0 atom stereocenters. The number of aromatic nitrogens is 3. The van der Waals surface area contributed by atoms with Crippen LogP contribution in [0.25, 0.3) is 0 Å². The molecule has 0 aromatic carbocycles. The van der Waals surface area contributed by atoms with Crippen LogP contribution in [0.2, 0.25) is 0 Å². The summed E-state index contributed by atoms with van der Waals surface area (Å²) in [6.07, 6.45) is 6.38. The average molecular weight is 256 g/mol. The predicted molar refractivity (Wildman–Crippen MR) is 74.6 cm³/mol. The summed E-state index contributed by atoms with van der Waals surface area (Å²) in [5.41, 5.74) is 5.00. The van der Waals surface area contributed by atoms with Gasteiger partial charge in [0.2, 0.25) is 0 Å². The van der Waals surface area contributed by atoms with Crippen molar-refractivity contribution in [3.8, 4) is 0 Å². The van der Waals surface area contributed by atoms with Crippen LogP contribution in [-0.2, 0) is 13.1 Å². The molecule has 2 aromatic rings.